The van der Waals surface area contributed by atoms with Crippen LogP contribution in [0.15, 0.2) is 114 Å². The van der Waals surface area contributed by atoms with Gasteiger partial charge in [0.25, 0.3) is 0 Å². The highest BCUT2D eigenvalue weighted by Gasteiger charge is 2.18. The molecule has 0 aliphatic heterocycles. The van der Waals surface area contributed by atoms with Crippen LogP contribution in [0.25, 0.3) is 66.2 Å². The molecular weight excluding hydrogens is 442 g/mol. The normalized spacial score (nSPS) is 12.0. The number of hydrogen-bond donors (Lipinski definition) is 0. The van der Waals surface area contributed by atoms with E-state index < -0.39 is 0 Å². The zero-order valence-corrected chi connectivity index (χ0v) is 19.6. The van der Waals surface area contributed by atoms with Gasteiger partial charge < -0.3 is 4.42 Å². The number of pyridine rings is 1. The summed E-state index contributed by atoms with van der Waals surface area (Å²) < 4.78 is 10.5. The van der Waals surface area contributed by atoms with Crippen LogP contribution in [0, 0.1) is 6.92 Å². The van der Waals surface area contributed by atoms with Crippen molar-refractivity contribution >= 4 is 49.3 Å². The molecule has 4 aromatic carbocycles. The molecule has 8 aromatic rings. The van der Waals surface area contributed by atoms with Crippen molar-refractivity contribution in [3.63, 3.8) is 0 Å². The van der Waals surface area contributed by atoms with E-state index in [1.165, 1.54) is 22.1 Å². The van der Waals surface area contributed by atoms with Crippen LogP contribution in [0.4, 0.5) is 0 Å². The fourth-order valence-corrected chi connectivity index (χ4v) is 5.53. The third-order valence-electron chi connectivity index (χ3n) is 7.31. The van der Waals surface area contributed by atoms with E-state index in [1.54, 1.807) is 0 Å². The number of fused-ring (bicyclic) bond motifs is 7. The van der Waals surface area contributed by atoms with E-state index in [4.69, 9.17) is 9.52 Å². The molecule has 8 rings (SSSR count). The summed E-state index contributed by atoms with van der Waals surface area (Å²) >= 11 is 0. The summed E-state index contributed by atoms with van der Waals surface area (Å²) in [5.74, 6) is 0.892. The Bertz CT molecular complexity index is 2120. The molecule has 0 fully saturated rings. The topological polar surface area (TPSA) is 35.4 Å². The molecule has 36 heavy (non-hydrogen) atoms. The molecule has 0 aliphatic carbocycles. The fourth-order valence-electron chi connectivity index (χ4n) is 5.53. The SMILES string of the molecule is Cc1ccccc1-c1cn(-c2cc3ccc4ccccc4n3n2)c2cc3c(cc12)oc1ccccc13. The number of nitrogens with zero attached hydrogens (tertiary/aromatic N) is 3. The number of para-hydroxylation sites is 2. The Balaban J connectivity index is 1.48. The maximum absolute atomic E-state index is 6.26. The van der Waals surface area contributed by atoms with Gasteiger partial charge in [-0.15, -0.1) is 5.10 Å². The van der Waals surface area contributed by atoms with Crippen molar-refractivity contribution in [2.45, 2.75) is 6.92 Å². The Labute approximate surface area is 206 Å². The first kappa shape index (κ1) is 19.5. The summed E-state index contributed by atoms with van der Waals surface area (Å²) in [6.45, 7) is 2.16. The van der Waals surface area contributed by atoms with E-state index in [2.05, 4.69) is 109 Å². The van der Waals surface area contributed by atoms with Gasteiger partial charge in [-0.2, -0.15) is 0 Å². The quantitative estimate of drug-likeness (QED) is 0.258. The van der Waals surface area contributed by atoms with Gasteiger partial charge >= 0.3 is 0 Å². The molecule has 0 atom stereocenters. The maximum atomic E-state index is 6.26. The van der Waals surface area contributed by atoms with Crippen molar-refractivity contribution in [1.29, 1.82) is 0 Å². The molecule has 170 valence electrons. The Kier molecular flexibility index (Phi) is 3.84. The van der Waals surface area contributed by atoms with Gasteiger partial charge in [0.2, 0.25) is 0 Å². The minimum atomic E-state index is 0.892. The Morgan fingerprint density at radius 2 is 1.47 bits per heavy atom. The van der Waals surface area contributed by atoms with Crippen LogP contribution < -0.4 is 0 Å². The number of benzene rings is 4. The summed E-state index contributed by atoms with van der Waals surface area (Å²) in [4.78, 5) is 0. The number of hydrogen-bond acceptors (Lipinski definition) is 2. The molecular formula is C32H21N3O. The summed E-state index contributed by atoms with van der Waals surface area (Å²) in [7, 11) is 0. The third-order valence-corrected chi connectivity index (χ3v) is 7.31. The van der Waals surface area contributed by atoms with E-state index in [0.717, 1.165) is 49.7 Å². The van der Waals surface area contributed by atoms with E-state index in [0.29, 0.717) is 0 Å². The highest BCUT2D eigenvalue weighted by atomic mass is 16.3. The van der Waals surface area contributed by atoms with Crippen LogP contribution in [-0.2, 0) is 0 Å². The smallest absolute Gasteiger partial charge is 0.160 e. The molecule has 4 heterocycles. The van der Waals surface area contributed by atoms with E-state index in [9.17, 15) is 0 Å². The largest absolute Gasteiger partial charge is 0.456 e. The predicted molar refractivity (Wildman–Crippen MR) is 147 cm³/mol. The Hall–Kier alpha value is -4.83. The number of aryl methyl sites for hydroxylation is 1. The van der Waals surface area contributed by atoms with Crippen LogP contribution in [-0.4, -0.2) is 14.2 Å². The summed E-state index contributed by atoms with van der Waals surface area (Å²) in [5.41, 5.74) is 8.71. The molecule has 4 aromatic heterocycles. The lowest BCUT2D eigenvalue weighted by atomic mass is 9.99. The first-order valence-corrected chi connectivity index (χ1v) is 12.1. The average Bonchev–Trinajstić information content (AvgIpc) is 3.61. The molecule has 0 radical (unpaired) electrons. The van der Waals surface area contributed by atoms with Crippen molar-refractivity contribution in [3.05, 3.63) is 115 Å². The van der Waals surface area contributed by atoms with Gasteiger partial charge in [0.05, 0.1) is 16.6 Å². The van der Waals surface area contributed by atoms with Gasteiger partial charge in [-0.3, -0.25) is 4.57 Å². The van der Waals surface area contributed by atoms with E-state index in [1.807, 2.05) is 16.6 Å². The molecule has 4 heteroatoms. The lowest BCUT2D eigenvalue weighted by Crippen LogP contribution is -1.95. The highest BCUT2D eigenvalue weighted by Crippen LogP contribution is 2.39. The number of furan rings is 1. The van der Waals surface area contributed by atoms with Gasteiger partial charge in [-0.05, 0) is 48.4 Å². The molecule has 0 aliphatic rings. The molecule has 0 unspecified atom stereocenters. The molecule has 0 amide bonds. The first-order chi connectivity index (χ1) is 17.7. The van der Waals surface area contributed by atoms with Gasteiger partial charge in [0, 0.05) is 39.4 Å². The second kappa shape index (κ2) is 7.09. The van der Waals surface area contributed by atoms with Crippen LogP contribution in [0.1, 0.15) is 5.56 Å². The second-order valence-electron chi connectivity index (χ2n) is 9.42. The van der Waals surface area contributed by atoms with Crippen molar-refractivity contribution in [2.75, 3.05) is 0 Å². The summed E-state index contributed by atoms with van der Waals surface area (Å²) in [6, 6.07) is 36.0. The summed E-state index contributed by atoms with van der Waals surface area (Å²) in [5, 5.41) is 9.64. The molecule has 0 saturated heterocycles. The fraction of sp³-hybridized carbons (Fsp3) is 0.0312. The maximum Gasteiger partial charge on any atom is 0.160 e. The van der Waals surface area contributed by atoms with E-state index >= 15 is 0 Å². The van der Waals surface area contributed by atoms with Crippen molar-refractivity contribution in [2.24, 2.45) is 0 Å². The third kappa shape index (κ3) is 2.67. The van der Waals surface area contributed by atoms with Gasteiger partial charge in [0.1, 0.15) is 11.2 Å². The van der Waals surface area contributed by atoms with Gasteiger partial charge in [0.15, 0.2) is 5.82 Å². The van der Waals surface area contributed by atoms with Crippen molar-refractivity contribution in [1.82, 2.24) is 14.2 Å². The molecule has 0 spiro atoms. The number of aromatic nitrogens is 3. The molecule has 0 bridgehead atoms. The van der Waals surface area contributed by atoms with Crippen molar-refractivity contribution < 1.29 is 4.42 Å². The Morgan fingerprint density at radius 1 is 0.639 bits per heavy atom. The lowest BCUT2D eigenvalue weighted by Gasteiger charge is -2.03. The van der Waals surface area contributed by atoms with E-state index in [-0.39, 0.29) is 0 Å². The number of rotatable bonds is 2. The Morgan fingerprint density at radius 3 is 2.42 bits per heavy atom. The van der Waals surface area contributed by atoms with Crippen LogP contribution in [0.5, 0.6) is 0 Å². The minimum Gasteiger partial charge on any atom is -0.456 e. The molecule has 0 N–H and O–H groups in total. The second-order valence-corrected chi connectivity index (χ2v) is 9.42. The highest BCUT2D eigenvalue weighted by molar-refractivity contribution is 6.12. The minimum absolute atomic E-state index is 0.892. The first-order valence-electron chi connectivity index (χ1n) is 12.1. The van der Waals surface area contributed by atoms with Crippen LogP contribution >= 0.6 is 0 Å². The van der Waals surface area contributed by atoms with Crippen LogP contribution in [0.2, 0.25) is 0 Å². The zero-order valence-electron chi connectivity index (χ0n) is 19.6. The summed E-state index contributed by atoms with van der Waals surface area (Å²) in [6.07, 6.45) is 2.22. The average molecular weight is 464 g/mol. The molecule has 0 saturated carbocycles. The predicted octanol–water partition coefficient (Wildman–Crippen LogP) is 8.31. The standard InChI is InChI=1S/C32H21N3O/c1-20-8-2-4-10-23(20)27-19-34(32-16-22-15-14-21-9-3-6-12-28(21)35(22)33-32)29-17-26-24-11-5-7-13-30(24)36-31(26)18-25(27)29/h2-19H,1H3. The van der Waals surface area contributed by atoms with Gasteiger partial charge in [-0.1, -0.05) is 66.7 Å². The van der Waals surface area contributed by atoms with Crippen molar-refractivity contribution in [3.8, 4) is 16.9 Å². The zero-order chi connectivity index (χ0) is 23.8. The van der Waals surface area contributed by atoms with Crippen LogP contribution in [0.3, 0.4) is 0 Å². The monoisotopic (exact) mass is 463 g/mol. The molecule has 4 nitrogen and oxygen atoms in total. The lowest BCUT2D eigenvalue weighted by molar-refractivity contribution is 0.669. The van der Waals surface area contributed by atoms with Gasteiger partial charge in [-0.25, -0.2) is 4.52 Å².